The second kappa shape index (κ2) is 3.03. The van der Waals surface area contributed by atoms with Gasteiger partial charge in [-0.05, 0) is 49.9 Å². The molecule has 0 heterocycles. The van der Waals surface area contributed by atoms with Crippen LogP contribution in [-0.2, 0) is 0 Å². The van der Waals surface area contributed by atoms with Gasteiger partial charge >= 0.3 is 0 Å². The Morgan fingerprint density at radius 3 is 2.85 bits per heavy atom. The van der Waals surface area contributed by atoms with E-state index in [-0.39, 0.29) is 0 Å². The van der Waals surface area contributed by atoms with Gasteiger partial charge in [0.15, 0.2) is 0 Å². The summed E-state index contributed by atoms with van der Waals surface area (Å²) in [6, 6.07) is 0. The average molecular weight is 178 g/mol. The lowest BCUT2D eigenvalue weighted by molar-refractivity contribution is -0.0449. The molecule has 72 valence electrons. The van der Waals surface area contributed by atoms with Crippen molar-refractivity contribution in [2.75, 3.05) is 0 Å². The predicted octanol–water partition coefficient (Wildman–Crippen LogP) is 2.20. The second-order valence-electron chi connectivity index (χ2n) is 4.98. The molecule has 0 aromatic rings. The Hall–Kier alpha value is -0.480. The molecule has 2 saturated carbocycles. The molecule has 2 aliphatic rings. The quantitative estimate of drug-likeness (QED) is 0.564. The van der Waals surface area contributed by atoms with E-state index in [1.54, 1.807) is 0 Å². The van der Waals surface area contributed by atoms with Gasteiger partial charge in [0.2, 0.25) is 0 Å². The molecule has 2 fully saturated rings. The largest absolute Gasteiger partial charge is 0.377 e. The molecule has 2 aliphatic carbocycles. The highest BCUT2D eigenvalue weighted by atomic mass is 16.3. The Balaban J connectivity index is 2.16. The summed E-state index contributed by atoms with van der Waals surface area (Å²) >= 11 is 0. The molecule has 0 radical (unpaired) electrons. The number of terminal acetylenes is 1. The van der Waals surface area contributed by atoms with Crippen LogP contribution < -0.4 is 0 Å². The number of aliphatic hydroxyl groups is 1. The SMILES string of the molecule is C#CC1(O)CCC2CC(C)CC1C2. The molecule has 0 amide bonds. The van der Waals surface area contributed by atoms with Gasteiger partial charge in [0.1, 0.15) is 5.60 Å². The Bertz CT molecular complexity index is 238. The van der Waals surface area contributed by atoms with Gasteiger partial charge in [-0.25, -0.2) is 0 Å². The van der Waals surface area contributed by atoms with E-state index >= 15 is 0 Å². The number of hydrogen-bond acceptors (Lipinski definition) is 1. The molecular formula is C12H18O. The third-order valence-electron chi connectivity index (χ3n) is 3.90. The third kappa shape index (κ3) is 1.48. The summed E-state index contributed by atoms with van der Waals surface area (Å²) in [7, 11) is 0. The summed E-state index contributed by atoms with van der Waals surface area (Å²) in [5.74, 6) is 4.58. The summed E-state index contributed by atoms with van der Waals surface area (Å²) in [6.07, 6.45) is 11.0. The van der Waals surface area contributed by atoms with Crippen LogP contribution in [0.5, 0.6) is 0 Å². The molecule has 4 unspecified atom stereocenters. The molecule has 0 saturated heterocycles. The van der Waals surface area contributed by atoms with Crippen molar-refractivity contribution in [3.8, 4) is 12.3 Å². The van der Waals surface area contributed by atoms with Crippen LogP contribution in [0.15, 0.2) is 0 Å². The molecule has 2 bridgehead atoms. The van der Waals surface area contributed by atoms with Crippen molar-refractivity contribution >= 4 is 0 Å². The Morgan fingerprint density at radius 1 is 1.38 bits per heavy atom. The standard InChI is InChI=1S/C12H18O/c1-3-12(13)5-4-10-6-9(2)7-11(12)8-10/h1,9-11,13H,4-8H2,2H3. The molecule has 0 spiro atoms. The van der Waals surface area contributed by atoms with Crippen molar-refractivity contribution in [2.45, 2.75) is 44.6 Å². The lowest BCUT2D eigenvalue weighted by Gasteiger charge is -2.45. The van der Waals surface area contributed by atoms with Crippen LogP contribution in [0.1, 0.15) is 39.0 Å². The maximum Gasteiger partial charge on any atom is 0.128 e. The van der Waals surface area contributed by atoms with Crippen molar-refractivity contribution in [1.29, 1.82) is 0 Å². The molecular weight excluding hydrogens is 160 g/mol. The van der Waals surface area contributed by atoms with Gasteiger partial charge < -0.3 is 5.11 Å². The zero-order valence-electron chi connectivity index (χ0n) is 8.29. The fourth-order valence-electron chi connectivity index (χ4n) is 3.19. The molecule has 0 aromatic carbocycles. The molecule has 0 aliphatic heterocycles. The van der Waals surface area contributed by atoms with E-state index in [4.69, 9.17) is 6.42 Å². The van der Waals surface area contributed by atoms with Crippen LogP contribution in [-0.4, -0.2) is 10.7 Å². The van der Waals surface area contributed by atoms with Gasteiger partial charge in [-0.15, -0.1) is 6.42 Å². The van der Waals surface area contributed by atoms with Crippen LogP contribution >= 0.6 is 0 Å². The first-order chi connectivity index (χ1) is 6.14. The van der Waals surface area contributed by atoms with Gasteiger partial charge in [0, 0.05) is 0 Å². The van der Waals surface area contributed by atoms with Gasteiger partial charge in [0.05, 0.1) is 0 Å². The maximum atomic E-state index is 10.2. The Morgan fingerprint density at radius 2 is 2.15 bits per heavy atom. The normalized spacial score (nSPS) is 49.8. The lowest BCUT2D eigenvalue weighted by Crippen LogP contribution is -2.45. The summed E-state index contributed by atoms with van der Waals surface area (Å²) in [5.41, 5.74) is -0.773. The van der Waals surface area contributed by atoms with E-state index in [0.717, 1.165) is 37.5 Å². The minimum Gasteiger partial charge on any atom is -0.377 e. The van der Waals surface area contributed by atoms with E-state index in [0.29, 0.717) is 5.92 Å². The second-order valence-corrected chi connectivity index (χ2v) is 4.98. The highest BCUT2D eigenvalue weighted by molar-refractivity contribution is 5.13. The number of fused-ring (bicyclic) bond motifs is 2. The van der Waals surface area contributed by atoms with Crippen LogP contribution in [0.25, 0.3) is 0 Å². The maximum absolute atomic E-state index is 10.2. The first kappa shape index (κ1) is 9.09. The molecule has 1 nitrogen and oxygen atoms in total. The lowest BCUT2D eigenvalue weighted by atomic mass is 9.62. The van der Waals surface area contributed by atoms with Crippen LogP contribution in [0.3, 0.4) is 0 Å². The van der Waals surface area contributed by atoms with Gasteiger partial charge in [-0.1, -0.05) is 12.8 Å². The minimum absolute atomic E-state index is 0.375. The monoisotopic (exact) mass is 178 g/mol. The fraction of sp³-hybridized carbons (Fsp3) is 0.833. The predicted molar refractivity (Wildman–Crippen MR) is 53.0 cm³/mol. The molecule has 13 heavy (non-hydrogen) atoms. The van der Waals surface area contributed by atoms with E-state index in [9.17, 15) is 5.11 Å². The van der Waals surface area contributed by atoms with Crippen molar-refractivity contribution < 1.29 is 5.11 Å². The summed E-state index contributed by atoms with van der Waals surface area (Å²) in [5, 5.41) is 10.2. The van der Waals surface area contributed by atoms with E-state index in [1.807, 2.05) is 0 Å². The van der Waals surface area contributed by atoms with Gasteiger partial charge in [-0.3, -0.25) is 0 Å². The highest BCUT2D eigenvalue weighted by Crippen LogP contribution is 2.46. The summed E-state index contributed by atoms with van der Waals surface area (Å²) < 4.78 is 0. The first-order valence-electron chi connectivity index (χ1n) is 5.34. The van der Waals surface area contributed by atoms with E-state index < -0.39 is 5.60 Å². The van der Waals surface area contributed by atoms with Crippen molar-refractivity contribution in [1.82, 2.24) is 0 Å². The average Bonchev–Trinajstić information content (AvgIpc) is 2.12. The molecule has 1 N–H and O–H groups in total. The van der Waals surface area contributed by atoms with Gasteiger partial charge in [-0.2, -0.15) is 0 Å². The minimum atomic E-state index is -0.773. The van der Waals surface area contributed by atoms with Gasteiger partial charge in [0.25, 0.3) is 0 Å². The van der Waals surface area contributed by atoms with Crippen molar-refractivity contribution in [3.05, 3.63) is 0 Å². The van der Waals surface area contributed by atoms with Crippen LogP contribution in [0, 0.1) is 30.1 Å². The zero-order chi connectivity index (χ0) is 9.47. The smallest absolute Gasteiger partial charge is 0.128 e. The number of hydrogen-bond donors (Lipinski definition) is 1. The highest BCUT2D eigenvalue weighted by Gasteiger charge is 2.44. The van der Waals surface area contributed by atoms with Crippen LogP contribution in [0.4, 0.5) is 0 Å². The molecule has 0 aromatic heterocycles. The summed E-state index contributed by atoms with van der Waals surface area (Å²) in [4.78, 5) is 0. The summed E-state index contributed by atoms with van der Waals surface area (Å²) in [6.45, 7) is 2.28. The van der Waals surface area contributed by atoms with Crippen molar-refractivity contribution in [3.63, 3.8) is 0 Å². The molecule has 4 atom stereocenters. The van der Waals surface area contributed by atoms with Crippen molar-refractivity contribution in [2.24, 2.45) is 17.8 Å². The van der Waals surface area contributed by atoms with E-state index in [1.165, 1.54) is 6.42 Å². The first-order valence-corrected chi connectivity index (χ1v) is 5.34. The topological polar surface area (TPSA) is 20.2 Å². The Kier molecular flexibility index (Phi) is 2.12. The number of rotatable bonds is 0. The zero-order valence-corrected chi connectivity index (χ0v) is 8.29. The third-order valence-corrected chi connectivity index (χ3v) is 3.90. The molecule has 2 rings (SSSR count). The molecule has 1 heteroatoms. The van der Waals surface area contributed by atoms with E-state index in [2.05, 4.69) is 12.8 Å². The van der Waals surface area contributed by atoms with Crippen LogP contribution in [0.2, 0.25) is 0 Å². The Labute approximate surface area is 80.5 Å². The fourth-order valence-corrected chi connectivity index (χ4v) is 3.19.